The van der Waals surface area contributed by atoms with Crippen LogP contribution in [0, 0.1) is 5.82 Å². The number of thiazole rings is 1. The van der Waals surface area contributed by atoms with Crippen LogP contribution in [0.5, 0.6) is 11.5 Å². The quantitative estimate of drug-likeness (QED) is 0.335. The van der Waals surface area contributed by atoms with Crippen molar-refractivity contribution >= 4 is 28.3 Å². The minimum absolute atomic E-state index is 0.0861. The number of ether oxygens (including phenoxy) is 2. The lowest BCUT2D eigenvalue weighted by molar-refractivity contribution is -0.132. The summed E-state index contributed by atoms with van der Waals surface area (Å²) in [6.07, 6.45) is 1.73. The molecule has 0 fully saturated rings. The van der Waals surface area contributed by atoms with E-state index in [2.05, 4.69) is 10.1 Å². The molecule has 0 aliphatic carbocycles. The summed E-state index contributed by atoms with van der Waals surface area (Å²) in [5, 5.41) is 4.18. The van der Waals surface area contributed by atoms with Crippen LogP contribution in [-0.2, 0) is 11.2 Å². The number of methoxy groups -OCH3 is 1. The molecule has 0 spiro atoms. The second kappa shape index (κ2) is 8.67. The molecule has 10 heteroatoms. The third-order valence-electron chi connectivity index (χ3n) is 4.47. The average molecular weight is 453 g/mol. The third kappa shape index (κ3) is 4.40. The maximum absolute atomic E-state index is 13.1. The van der Waals surface area contributed by atoms with Crippen LogP contribution >= 0.6 is 11.3 Å². The fourth-order valence-corrected chi connectivity index (χ4v) is 3.92. The zero-order valence-electron chi connectivity index (χ0n) is 17.0. The van der Waals surface area contributed by atoms with E-state index < -0.39 is 17.1 Å². The van der Waals surface area contributed by atoms with Gasteiger partial charge in [-0.1, -0.05) is 29.5 Å². The molecule has 0 saturated heterocycles. The molecule has 0 amide bonds. The highest BCUT2D eigenvalue weighted by Gasteiger charge is 2.13. The molecule has 0 N–H and O–H groups in total. The number of nitrogens with zero attached hydrogens (tertiary/aromatic N) is 3. The number of carbonyl (C=O) groups excluding carboxylic acids is 1. The highest BCUT2D eigenvalue weighted by molar-refractivity contribution is 7.15. The predicted molar refractivity (Wildman–Crippen MR) is 116 cm³/mol. The van der Waals surface area contributed by atoms with Crippen molar-refractivity contribution in [2.75, 3.05) is 7.11 Å². The van der Waals surface area contributed by atoms with Gasteiger partial charge in [-0.3, -0.25) is 14.4 Å². The number of benzene rings is 2. The molecule has 32 heavy (non-hydrogen) atoms. The first kappa shape index (κ1) is 21.3. The van der Waals surface area contributed by atoms with Crippen molar-refractivity contribution < 1.29 is 18.7 Å². The van der Waals surface area contributed by atoms with Gasteiger partial charge in [0, 0.05) is 13.3 Å². The summed E-state index contributed by atoms with van der Waals surface area (Å²) in [6, 6.07) is 10.5. The van der Waals surface area contributed by atoms with E-state index in [1.54, 1.807) is 36.4 Å². The van der Waals surface area contributed by atoms with Gasteiger partial charge in [0.2, 0.25) is 4.96 Å². The van der Waals surface area contributed by atoms with Gasteiger partial charge in [-0.25, -0.2) is 4.39 Å². The van der Waals surface area contributed by atoms with Gasteiger partial charge < -0.3 is 9.47 Å². The average Bonchev–Trinajstić information content (AvgIpc) is 3.05. The molecule has 0 saturated carbocycles. The van der Waals surface area contributed by atoms with Crippen molar-refractivity contribution in [3.8, 4) is 11.5 Å². The summed E-state index contributed by atoms with van der Waals surface area (Å²) < 4.78 is 24.8. The van der Waals surface area contributed by atoms with Gasteiger partial charge in [-0.05, 0) is 41.5 Å². The van der Waals surface area contributed by atoms with E-state index in [1.165, 1.54) is 26.2 Å². The van der Waals surface area contributed by atoms with Gasteiger partial charge >= 0.3 is 5.97 Å². The molecule has 2 aromatic carbocycles. The van der Waals surface area contributed by atoms with Crippen molar-refractivity contribution in [1.29, 1.82) is 0 Å². The van der Waals surface area contributed by atoms with Crippen molar-refractivity contribution in [3.05, 3.63) is 90.3 Å². The number of fused-ring (bicyclic) bond motifs is 1. The summed E-state index contributed by atoms with van der Waals surface area (Å²) in [6.45, 7) is 1.28. The Kier molecular flexibility index (Phi) is 5.78. The molecule has 162 valence electrons. The first-order chi connectivity index (χ1) is 15.3. The maximum atomic E-state index is 13.1. The monoisotopic (exact) mass is 453 g/mol. The van der Waals surface area contributed by atoms with Gasteiger partial charge in [0.15, 0.2) is 11.5 Å². The number of halogens is 1. The number of carbonyl (C=O) groups is 1. The third-order valence-corrected chi connectivity index (χ3v) is 5.43. The molecule has 8 nitrogen and oxygen atoms in total. The van der Waals surface area contributed by atoms with E-state index in [-0.39, 0.29) is 28.6 Å². The Morgan fingerprint density at radius 1 is 1.16 bits per heavy atom. The van der Waals surface area contributed by atoms with Crippen LogP contribution in [0.25, 0.3) is 11.0 Å². The summed E-state index contributed by atoms with van der Waals surface area (Å²) >= 11 is 1.02. The van der Waals surface area contributed by atoms with Crippen LogP contribution in [0.4, 0.5) is 4.39 Å². The van der Waals surface area contributed by atoms with Crippen molar-refractivity contribution in [2.24, 2.45) is 0 Å². The zero-order valence-corrected chi connectivity index (χ0v) is 17.8. The van der Waals surface area contributed by atoms with E-state index in [9.17, 15) is 18.8 Å². The van der Waals surface area contributed by atoms with Crippen LogP contribution in [-0.4, -0.2) is 27.7 Å². The lowest BCUT2D eigenvalue weighted by atomic mass is 10.1. The van der Waals surface area contributed by atoms with E-state index >= 15 is 0 Å². The number of esters is 1. The largest absolute Gasteiger partial charge is 0.493 e. The number of rotatable bonds is 5. The lowest BCUT2D eigenvalue weighted by Gasteiger charge is -2.08. The molecule has 0 atom stereocenters. The molecule has 0 bridgehead atoms. The van der Waals surface area contributed by atoms with Crippen LogP contribution in [0.1, 0.15) is 23.7 Å². The molecule has 4 rings (SSSR count). The first-order valence-corrected chi connectivity index (χ1v) is 10.2. The molecule has 0 aliphatic heterocycles. The van der Waals surface area contributed by atoms with E-state index in [0.717, 1.165) is 15.9 Å². The second-order valence-corrected chi connectivity index (χ2v) is 7.79. The summed E-state index contributed by atoms with van der Waals surface area (Å²) in [4.78, 5) is 40.6. The first-order valence-electron chi connectivity index (χ1n) is 9.39. The molecule has 0 unspecified atom stereocenters. The molecule has 2 heterocycles. The molecule has 2 aromatic heterocycles. The smallest absolute Gasteiger partial charge is 0.308 e. The minimum atomic E-state index is -0.547. The standard InChI is InChI=1S/C22H16FN3O5S/c1-12(27)31-17-8-5-14(10-18(17)30-2)11-19-21(29)26-22(32-19)24-20(28)16(25-26)9-13-3-6-15(23)7-4-13/h3-8,10-11H,9H2,1-2H3/b19-11+. The zero-order chi connectivity index (χ0) is 22.8. The van der Waals surface area contributed by atoms with Crippen LogP contribution in [0.15, 0.2) is 52.1 Å². The normalized spacial score (nSPS) is 11.7. The van der Waals surface area contributed by atoms with E-state index in [4.69, 9.17) is 9.47 Å². The predicted octanol–water partition coefficient (Wildman–Crippen LogP) is 1.72. The van der Waals surface area contributed by atoms with Gasteiger partial charge in [-0.2, -0.15) is 14.6 Å². The van der Waals surface area contributed by atoms with Crippen LogP contribution < -0.4 is 25.1 Å². The molecular formula is C22H16FN3O5S. The topological polar surface area (TPSA) is 99.9 Å². The van der Waals surface area contributed by atoms with Crippen molar-refractivity contribution in [3.63, 3.8) is 0 Å². The summed E-state index contributed by atoms with van der Waals surface area (Å²) in [5.74, 6) is -0.279. The Morgan fingerprint density at radius 3 is 2.59 bits per heavy atom. The molecular weight excluding hydrogens is 437 g/mol. The number of hydrogen-bond acceptors (Lipinski definition) is 8. The Bertz CT molecular complexity index is 1500. The minimum Gasteiger partial charge on any atom is -0.493 e. The number of aromatic nitrogens is 3. The molecule has 4 aromatic rings. The summed E-state index contributed by atoms with van der Waals surface area (Å²) in [7, 11) is 1.44. The fourth-order valence-electron chi connectivity index (χ4n) is 3.01. The molecule has 0 aliphatic rings. The fraction of sp³-hybridized carbons (Fsp3) is 0.136. The van der Waals surface area contributed by atoms with E-state index in [0.29, 0.717) is 21.4 Å². The second-order valence-electron chi connectivity index (χ2n) is 6.78. The van der Waals surface area contributed by atoms with Gasteiger partial charge in [0.25, 0.3) is 11.1 Å². The van der Waals surface area contributed by atoms with Crippen LogP contribution in [0.3, 0.4) is 0 Å². The SMILES string of the molecule is COc1cc(/C=c2/sc3nc(=O)c(Cc4ccc(F)cc4)nn3c2=O)ccc1OC(C)=O. The van der Waals surface area contributed by atoms with E-state index in [1.807, 2.05) is 0 Å². The Balaban J connectivity index is 1.74. The van der Waals surface area contributed by atoms with Gasteiger partial charge in [-0.15, -0.1) is 0 Å². The Hall–Kier alpha value is -3.92. The van der Waals surface area contributed by atoms with Gasteiger partial charge in [0.05, 0.1) is 11.6 Å². The Labute approximate surface area is 184 Å². The highest BCUT2D eigenvalue weighted by atomic mass is 32.1. The van der Waals surface area contributed by atoms with Gasteiger partial charge in [0.1, 0.15) is 11.5 Å². The highest BCUT2D eigenvalue weighted by Crippen LogP contribution is 2.28. The lowest BCUT2D eigenvalue weighted by Crippen LogP contribution is -2.28. The van der Waals surface area contributed by atoms with Crippen LogP contribution in [0.2, 0.25) is 0 Å². The van der Waals surface area contributed by atoms with Crippen molar-refractivity contribution in [1.82, 2.24) is 14.6 Å². The maximum Gasteiger partial charge on any atom is 0.308 e. The molecule has 0 radical (unpaired) electrons. The summed E-state index contributed by atoms with van der Waals surface area (Å²) in [5.41, 5.74) is 0.404. The van der Waals surface area contributed by atoms with Crippen molar-refractivity contribution in [2.45, 2.75) is 13.3 Å². The number of hydrogen-bond donors (Lipinski definition) is 0. The Morgan fingerprint density at radius 2 is 1.91 bits per heavy atom.